The minimum atomic E-state index is -0.469. The monoisotopic (exact) mass is 461 g/mol. The number of nitrogens with one attached hydrogen (secondary N) is 2. The Bertz CT molecular complexity index is 1080. The normalized spacial score (nSPS) is 18.8. The van der Waals surface area contributed by atoms with Gasteiger partial charge in [0.25, 0.3) is 5.91 Å². The summed E-state index contributed by atoms with van der Waals surface area (Å²) in [6, 6.07) is 14.8. The van der Waals surface area contributed by atoms with Crippen LogP contribution in [-0.2, 0) is 6.54 Å². The zero-order valence-corrected chi connectivity index (χ0v) is 19.3. The van der Waals surface area contributed by atoms with Crippen LogP contribution in [0.3, 0.4) is 0 Å². The number of carbonyl (C=O) groups is 3. The van der Waals surface area contributed by atoms with E-state index in [2.05, 4.69) is 21.6 Å². The van der Waals surface area contributed by atoms with Gasteiger partial charge in [0.1, 0.15) is 0 Å². The Hall–Kier alpha value is -3.55. The van der Waals surface area contributed by atoms with Crippen molar-refractivity contribution in [2.24, 2.45) is 11.1 Å². The number of nitrogens with zero attached hydrogens (tertiary/aromatic N) is 2. The maximum absolute atomic E-state index is 13.0. The third-order valence-electron chi connectivity index (χ3n) is 7.29. The van der Waals surface area contributed by atoms with E-state index in [-0.39, 0.29) is 23.4 Å². The lowest BCUT2D eigenvalue weighted by Gasteiger charge is -2.59. The molecule has 4 amide bonds. The fraction of sp³-hybridized carbons (Fsp3) is 0.423. The molecule has 3 fully saturated rings. The first kappa shape index (κ1) is 22.3. The van der Waals surface area contributed by atoms with Crippen molar-refractivity contribution in [2.75, 3.05) is 31.1 Å². The summed E-state index contributed by atoms with van der Waals surface area (Å²) in [4.78, 5) is 40.6. The molecule has 2 heterocycles. The van der Waals surface area contributed by atoms with E-state index in [1.807, 2.05) is 23.1 Å². The molecule has 2 aromatic carbocycles. The minimum Gasteiger partial charge on any atom is -0.372 e. The van der Waals surface area contributed by atoms with Crippen LogP contribution in [0.15, 0.2) is 48.5 Å². The lowest BCUT2D eigenvalue weighted by Crippen LogP contribution is -2.67. The Morgan fingerprint density at radius 1 is 0.971 bits per heavy atom. The molecule has 0 aromatic heterocycles. The molecule has 5 rings (SSSR count). The Labute approximate surface area is 199 Å². The summed E-state index contributed by atoms with van der Waals surface area (Å²) in [7, 11) is 0. The SMILES string of the molecule is NC(=O)c1ccc(CNC(=O)NC2CC3(C2)CN(C(=O)c2cccc(N4CCCC4)c2)C3)cc1. The van der Waals surface area contributed by atoms with Crippen LogP contribution in [0.4, 0.5) is 10.5 Å². The first-order chi connectivity index (χ1) is 16.4. The van der Waals surface area contributed by atoms with E-state index in [4.69, 9.17) is 5.73 Å². The minimum absolute atomic E-state index is 0.100. The highest BCUT2D eigenvalue weighted by molar-refractivity contribution is 5.96. The van der Waals surface area contributed by atoms with Gasteiger partial charge in [-0.1, -0.05) is 18.2 Å². The molecule has 34 heavy (non-hydrogen) atoms. The van der Waals surface area contributed by atoms with Crippen molar-refractivity contribution in [3.8, 4) is 0 Å². The van der Waals surface area contributed by atoms with Gasteiger partial charge < -0.3 is 26.2 Å². The maximum Gasteiger partial charge on any atom is 0.315 e. The number of hydrogen-bond donors (Lipinski definition) is 3. The molecule has 2 aromatic rings. The summed E-state index contributed by atoms with van der Waals surface area (Å²) in [5.41, 5.74) is 8.63. The first-order valence-corrected chi connectivity index (χ1v) is 12.0. The quantitative estimate of drug-likeness (QED) is 0.614. The van der Waals surface area contributed by atoms with Gasteiger partial charge in [0, 0.05) is 61.0 Å². The predicted molar refractivity (Wildman–Crippen MR) is 130 cm³/mol. The van der Waals surface area contributed by atoms with Crippen LogP contribution >= 0.6 is 0 Å². The molecule has 0 bridgehead atoms. The third kappa shape index (κ3) is 4.58. The highest BCUT2D eigenvalue weighted by Gasteiger charge is 2.54. The number of nitrogens with two attached hydrogens (primary N) is 1. The molecule has 8 heteroatoms. The van der Waals surface area contributed by atoms with Crippen LogP contribution in [0, 0.1) is 5.41 Å². The van der Waals surface area contributed by atoms with Crippen molar-refractivity contribution >= 4 is 23.5 Å². The summed E-state index contributed by atoms with van der Waals surface area (Å²) < 4.78 is 0. The summed E-state index contributed by atoms with van der Waals surface area (Å²) in [6.45, 7) is 4.01. The first-order valence-electron chi connectivity index (χ1n) is 12.0. The van der Waals surface area contributed by atoms with Crippen LogP contribution in [0.25, 0.3) is 0 Å². The van der Waals surface area contributed by atoms with E-state index < -0.39 is 5.91 Å². The van der Waals surface area contributed by atoms with E-state index >= 15 is 0 Å². The van der Waals surface area contributed by atoms with Gasteiger partial charge in [-0.2, -0.15) is 0 Å². The summed E-state index contributed by atoms with van der Waals surface area (Å²) >= 11 is 0. The third-order valence-corrected chi connectivity index (χ3v) is 7.29. The molecule has 0 unspecified atom stereocenters. The van der Waals surface area contributed by atoms with Crippen molar-refractivity contribution in [1.29, 1.82) is 0 Å². The van der Waals surface area contributed by atoms with Gasteiger partial charge in [-0.25, -0.2) is 4.79 Å². The molecule has 1 aliphatic carbocycles. The molecule has 2 saturated heterocycles. The van der Waals surface area contributed by atoms with Crippen LogP contribution in [0.5, 0.6) is 0 Å². The lowest BCUT2D eigenvalue weighted by atomic mass is 9.60. The number of anilines is 1. The number of rotatable bonds is 6. The molecule has 8 nitrogen and oxygen atoms in total. The smallest absolute Gasteiger partial charge is 0.315 e. The Morgan fingerprint density at radius 3 is 2.35 bits per heavy atom. The predicted octanol–water partition coefficient (Wildman–Crippen LogP) is 2.49. The lowest BCUT2D eigenvalue weighted by molar-refractivity contribution is -0.0585. The Morgan fingerprint density at radius 2 is 1.68 bits per heavy atom. The molecule has 178 valence electrons. The van der Waals surface area contributed by atoms with Gasteiger partial charge in [0.15, 0.2) is 0 Å². The molecule has 4 N–H and O–H groups in total. The molecule has 1 spiro atoms. The van der Waals surface area contributed by atoms with Gasteiger partial charge in [-0.05, 0) is 61.6 Å². The molecular formula is C26H31N5O3. The summed E-state index contributed by atoms with van der Waals surface area (Å²) in [5.74, 6) is -0.369. The van der Waals surface area contributed by atoms with Crippen molar-refractivity contribution < 1.29 is 14.4 Å². The Balaban J connectivity index is 1.04. The zero-order chi connectivity index (χ0) is 23.7. The summed E-state index contributed by atoms with van der Waals surface area (Å²) in [5, 5.41) is 5.87. The number of primary amides is 1. The molecule has 0 atom stereocenters. The van der Waals surface area contributed by atoms with Crippen molar-refractivity contribution in [3.05, 3.63) is 65.2 Å². The van der Waals surface area contributed by atoms with E-state index in [9.17, 15) is 14.4 Å². The van der Waals surface area contributed by atoms with Gasteiger partial charge in [0.2, 0.25) is 5.91 Å². The van der Waals surface area contributed by atoms with Crippen LogP contribution in [-0.4, -0.2) is 55.0 Å². The second-order valence-electron chi connectivity index (χ2n) is 9.90. The second-order valence-corrected chi connectivity index (χ2v) is 9.90. The average Bonchev–Trinajstić information content (AvgIpc) is 3.33. The van der Waals surface area contributed by atoms with Crippen molar-refractivity contribution in [1.82, 2.24) is 15.5 Å². The number of hydrogen-bond acceptors (Lipinski definition) is 4. The molecule has 2 aliphatic heterocycles. The van der Waals surface area contributed by atoms with Gasteiger partial charge in [-0.15, -0.1) is 0 Å². The van der Waals surface area contributed by atoms with Crippen molar-refractivity contribution in [2.45, 2.75) is 38.3 Å². The Kier molecular flexibility index (Phi) is 5.89. The highest BCUT2D eigenvalue weighted by Crippen LogP contribution is 2.48. The number of likely N-dealkylation sites (tertiary alicyclic amines) is 1. The van der Waals surface area contributed by atoms with E-state index in [1.165, 1.54) is 12.8 Å². The van der Waals surface area contributed by atoms with Crippen molar-refractivity contribution in [3.63, 3.8) is 0 Å². The van der Waals surface area contributed by atoms with Crippen LogP contribution in [0.2, 0.25) is 0 Å². The van der Waals surface area contributed by atoms with Crippen LogP contribution in [0.1, 0.15) is 52.0 Å². The zero-order valence-electron chi connectivity index (χ0n) is 19.3. The largest absolute Gasteiger partial charge is 0.372 e. The molecule has 1 saturated carbocycles. The highest BCUT2D eigenvalue weighted by atomic mass is 16.2. The number of benzene rings is 2. The molecular weight excluding hydrogens is 430 g/mol. The van der Waals surface area contributed by atoms with E-state index in [1.54, 1.807) is 24.3 Å². The topological polar surface area (TPSA) is 108 Å². The number of carbonyl (C=O) groups excluding carboxylic acids is 3. The fourth-order valence-corrected chi connectivity index (χ4v) is 5.45. The summed E-state index contributed by atoms with van der Waals surface area (Å²) in [6.07, 6.45) is 4.21. The number of amides is 4. The average molecular weight is 462 g/mol. The van der Waals surface area contributed by atoms with Gasteiger partial charge in [0.05, 0.1) is 0 Å². The second kappa shape index (κ2) is 9.00. The molecule has 3 aliphatic rings. The van der Waals surface area contributed by atoms with E-state index in [0.29, 0.717) is 12.1 Å². The number of urea groups is 1. The maximum atomic E-state index is 13.0. The van der Waals surface area contributed by atoms with Gasteiger partial charge >= 0.3 is 6.03 Å². The van der Waals surface area contributed by atoms with E-state index in [0.717, 1.165) is 55.8 Å². The molecule has 0 radical (unpaired) electrons. The van der Waals surface area contributed by atoms with Gasteiger partial charge in [-0.3, -0.25) is 9.59 Å². The fourth-order valence-electron chi connectivity index (χ4n) is 5.45. The van der Waals surface area contributed by atoms with Crippen LogP contribution < -0.4 is 21.3 Å². The standard InChI is InChI=1S/C26H31N5O3/c27-23(32)19-8-6-18(7-9-19)15-28-25(34)29-21-13-26(14-21)16-31(17-26)24(33)20-4-3-5-22(12-20)30-10-1-2-11-30/h3-9,12,21H,1-2,10-11,13-17H2,(H2,27,32)(H2,28,29,34).